The van der Waals surface area contributed by atoms with Gasteiger partial charge in [0.2, 0.25) is 0 Å². The molecule has 2 N–H and O–H groups in total. The van der Waals surface area contributed by atoms with Crippen LogP contribution in [0.1, 0.15) is 33.0 Å². The second kappa shape index (κ2) is 7.45. The van der Waals surface area contributed by atoms with Gasteiger partial charge in [-0.1, -0.05) is 20.8 Å². The normalized spacial score (nSPS) is 13.2. The molecule has 0 fully saturated rings. The molecule has 0 aliphatic carbocycles. The molecule has 0 radical (unpaired) electrons. The first kappa shape index (κ1) is 14.2. The summed E-state index contributed by atoms with van der Waals surface area (Å²) >= 11 is 0. The molecule has 1 aromatic heterocycles. The SMILES string of the molecule is CCCc1nccn1CC(O)CNCC(C)C. The van der Waals surface area contributed by atoms with Gasteiger partial charge in [0, 0.05) is 25.4 Å². The van der Waals surface area contributed by atoms with Gasteiger partial charge in [-0.25, -0.2) is 4.98 Å². The molecular formula is C13H25N3O. The summed E-state index contributed by atoms with van der Waals surface area (Å²) in [4.78, 5) is 4.30. The Kier molecular flexibility index (Phi) is 6.22. The largest absolute Gasteiger partial charge is 0.390 e. The molecule has 0 spiro atoms. The molecule has 0 aliphatic rings. The molecule has 1 heterocycles. The van der Waals surface area contributed by atoms with Crippen molar-refractivity contribution in [1.82, 2.24) is 14.9 Å². The molecule has 98 valence electrons. The van der Waals surface area contributed by atoms with Gasteiger partial charge in [0.15, 0.2) is 0 Å². The lowest BCUT2D eigenvalue weighted by molar-refractivity contribution is 0.149. The average Bonchev–Trinajstić information content (AvgIpc) is 2.66. The Labute approximate surface area is 104 Å². The molecule has 0 saturated carbocycles. The van der Waals surface area contributed by atoms with Gasteiger partial charge >= 0.3 is 0 Å². The maximum absolute atomic E-state index is 9.92. The topological polar surface area (TPSA) is 50.1 Å². The van der Waals surface area contributed by atoms with E-state index in [1.54, 1.807) is 6.20 Å². The van der Waals surface area contributed by atoms with Crippen molar-refractivity contribution in [2.45, 2.75) is 46.3 Å². The van der Waals surface area contributed by atoms with Crippen LogP contribution >= 0.6 is 0 Å². The smallest absolute Gasteiger partial charge is 0.108 e. The van der Waals surface area contributed by atoms with Gasteiger partial charge in [-0.2, -0.15) is 0 Å². The number of aliphatic hydroxyl groups is 1. The first-order chi connectivity index (χ1) is 8.13. The Balaban J connectivity index is 2.34. The minimum Gasteiger partial charge on any atom is -0.390 e. The molecule has 0 saturated heterocycles. The van der Waals surface area contributed by atoms with Crippen molar-refractivity contribution >= 4 is 0 Å². The van der Waals surface area contributed by atoms with E-state index in [9.17, 15) is 5.11 Å². The molecule has 1 atom stereocenters. The number of aromatic nitrogens is 2. The fourth-order valence-electron chi connectivity index (χ4n) is 1.79. The van der Waals surface area contributed by atoms with E-state index in [4.69, 9.17) is 0 Å². The van der Waals surface area contributed by atoms with Crippen molar-refractivity contribution in [3.63, 3.8) is 0 Å². The quantitative estimate of drug-likeness (QED) is 0.722. The van der Waals surface area contributed by atoms with Gasteiger partial charge in [0.1, 0.15) is 5.82 Å². The third-order valence-electron chi connectivity index (χ3n) is 2.62. The fourth-order valence-corrected chi connectivity index (χ4v) is 1.79. The molecule has 4 nitrogen and oxygen atoms in total. The molecule has 0 bridgehead atoms. The summed E-state index contributed by atoms with van der Waals surface area (Å²) < 4.78 is 2.05. The van der Waals surface area contributed by atoms with Crippen molar-refractivity contribution in [2.24, 2.45) is 5.92 Å². The van der Waals surface area contributed by atoms with E-state index in [2.05, 4.69) is 31.1 Å². The number of hydrogen-bond donors (Lipinski definition) is 2. The lowest BCUT2D eigenvalue weighted by Crippen LogP contribution is -2.32. The van der Waals surface area contributed by atoms with Crippen LogP contribution in [0, 0.1) is 5.92 Å². The highest BCUT2D eigenvalue weighted by Crippen LogP contribution is 2.02. The molecule has 1 aromatic rings. The predicted octanol–water partition coefficient (Wildman–Crippen LogP) is 1.44. The van der Waals surface area contributed by atoms with Crippen LogP contribution in [0.2, 0.25) is 0 Å². The maximum Gasteiger partial charge on any atom is 0.108 e. The van der Waals surface area contributed by atoms with Crippen LogP contribution in [-0.4, -0.2) is 33.9 Å². The van der Waals surface area contributed by atoms with Crippen LogP contribution in [0.3, 0.4) is 0 Å². The van der Waals surface area contributed by atoms with Crippen molar-refractivity contribution in [3.8, 4) is 0 Å². The zero-order chi connectivity index (χ0) is 12.7. The molecule has 1 rings (SSSR count). The second-order valence-electron chi connectivity index (χ2n) is 4.95. The van der Waals surface area contributed by atoms with E-state index in [1.807, 2.05) is 10.8 Å². The van der Waals surface area contributed by atoms with Crippen LogP contribution in [0.25, 0.3) is 0 Å². The van der Waals surface area contributed by atoms with E-state index in [0.29, 0.717) is 19.0 Å². The zero-order valence-electron chi connectivity index (χ0n) is 11.2. The van der Waals surface area contributed by atoms with Crippen LogP contribution in [0.15, 0.2) is 12.4 Å². The minimum absolute atomic E-state index is 0.349. The molecular weight excluding hydrogens is 214 g/mol. The van der Waals surface area contributed by atoms with Crippen molar-refractivity contribution in [3.05, 3.63) is 18.2 Å². The van der Waals surface area contributed by atoms with Gasteiger partial charge in [0.25, 0.3) is 0 Å². The summed E-state index contributed by atoms with van der Waals surface area (Å²) in [5, 5.41) is 13.2. The van der Waals surface area contributed by atoms with Gasteiger partial charge in [-0.3, -0.25) is 0 Å². The third-order valence-corrected chi connectivity index (χ3v) is 2.62. The van der Waals surface area contributed by atoms with Crippen molar-refractivity contribution in [2.75, 3.05) is 13.1 Å². The van der Waals surface area contributed by atoms with E-state index in [-0.39, 0.29) is 6.10 Å². The molecule has 0 amide bonds. The highest BCUT2D eigenvalue weighted by Gasteiger charge is 2.08. The minimum atomic E-state index is -0.349. The first-order valence-corrected chi connectivity index (χ1v) is 6.52. The van der Waals surface area contributed by atoms with Crippen molar-refractivity contribution < 1.29 is 5.11 Å². The zero-order valence-corrected chi connectivity index (χ0v) is 11.2. The monoisotopic (exact) mass is 239 g/mol. The first-order valence-electron chi connectivity index (χ1n) is 6.52. The summed E-state index contributed by atoms with van der Waals surface area (Å²) in [5.74, 6) is 1.68. The van der Waals surface area contributed by atoms with E-state index in [0.717, 1.165) is 25.2 Å². The molecule has 17 heavy (non-hydrogen) atoms. The predicted molar refractivity (Wildman–Crippen MR) is 69.9 cm³/mol. The summed E-state index contributed by atoms with van der Waals surface area (Å²) in [7, 11) is 0. The summed E-state index contributed by atoms with van der Waals surface area (Å²) in [5.41, 5.74) is 0. The van der Waals surface area contributed by atoms with Crippen LogP contribution < -0.4 is 5.32 Å². The molecule has 0 aliphatic heterocycles. The van der Waals surface area contributed by atoms with Crippen LogP contribution in [0.4, 0.5) is 0 Å². The Bertz CT molecular complexity index is 309. The van der Waals surface area contributed by atoms with Gasteiger partial charge in [0.05, 0.1) is 12.6 Å². The highest BCUT2D eigenvalue weighted by molar-refractivity contribution is 4.93. The Morgan fingerprint density at radius 2 is 2.18 bits per heavy atom. The van der Waals surface area contributed by atoms with E-state index >= 15 is 0 Å². The summed E-state index contributed by atoms with van der Waals surface area (Å²) in [6, 6.07) is 0. The number of aliphatic hydroxyl groups excluding tert-OH is 1. The van der Waals surface area contributed by atoms with Gasteiger partial charge in [-0.15, -0.1) is 0 Å². The number of nitrogens with one attached hydrogen (secondary N) is 1. The standard InChI is InChI=1S/C13H25N3O/c1-4-5-13-15-6-7-16(13)10-12(17)9-14-8-11(2)3/h6-7,11-12,14,17H,4-5,8-10H2,1-3H3. The average molecular weight is 239 g/mol. The number of rotatable bonds is 8. The maximum atomic E-state index is 9.92. The number of hydrogen-bond acceptors (Lipinski definition) is 3. The fraction of sp³-hybridized carbons (Fsp3) is 0.769. The molecule has 0 aromatic carbocycles. The number of aryl methyl sites for hydroxylation is 1. The van der Waals surface area contributed by atoms with Gasteiger partial charge in [-0.05, 0) is 18.9 Å². The van der Waals surface area contributed by atoms with Crippen molar-refractivity contribution in [1.29, 1.82) is 0 Å². The Hall–Kier alpha value is -0.870. The third kappa shape index (κ3) is 5.33. The Morgan fingerprint density at radius 1 is 1.41 bits per heavy atom. The van der Waals surface area contributed by atoms with Crippen LogP contribution in [-0.2, 0) is 13.0 Å². The number of nitrogens with zero attached hydrogens (tertiary/aromatic N) is 2. The molecule has 4 heteroatoms. The van der Waals surface area contributed by atoms with Gasteiger partial charge < -0.3 is 15.0 Å². The highest BCUT2D eigenvalue weighted by atomic mass is 16.3. The van der Waals surface area contributed by atoms with E-state index in [1.165, 1.54) is 0 Å². The second-order valence-corrected chi connectivity index (χ2v) is 4.95. The lowest BCUT2D eigenvalue weighted by Gasteiger charge is -2.15. The van der Waals surface area contributed by atoms with E-state index < -0.39 is 0 Å². The molecule has 1 unspecified atom stereocenters. The lowest BCUT2D eigenvalue weighted by atomic mass is 10.2. The Morgan fingerprint density at radius 3 is 2.82 bits per heavy atom. The summed E-state index contributed by atoms with van der Waals surface area (Å²) in [6.07, 6.45) is 5.45. The van der Waals surface area contributed by atoms with Crippen LogP contribution in [0.5, 0.6) is 0 Å². The number of imidazole rings is 1. The summed E-state index contributed by atoms with van der Waals surface area (Å²) in [6.45, 7) is 8.67.